The number of phenols is 1. The number of benzene rings is 2. The molecular weight excluding hydrogens is 416 g/mol. The molecule has 7 nitrogen and oxygen atoms in total. The van der Waals surface area contributed by atoms with Gasteiger partial charge in [-0.3, -0.25) is 9.59 Å². The van der Waals surface area contributed by atoms with Gasteiger partial charge in [0, 0.05) is 18.0 Å². The molecule has 2 amide bonds. The molecule has 1 aliphatic heterocycles. The number of thiophene rings is 1. The lowest BCUT2D eigenvalue weighted by molar-refractivity contribution is -0.116. The highest BCUT2D eigenvalue weighted by Gasteiger charge is 2.33. The van der Waals surface area contributed by atoms with Gasteiger partial charge in [-0.1, -0.05) is 6.07 Å². The molecule has 0 saturated carbocycles. The average molecular weight is 439 g/mol. The number of hydrogen-bond donors (Lipinski definition) is 3. The number of carbonyl (C=O) groups is 2. The zero-order chi connectivity index (χ0) is 22.1. The van der Waals surface area contributed by atoms with Gasteiger partial charge in [-0.25, -0.2) is 0 Å². The van der Waals surface area contributed by atoms with Gasteiger partial charge in [0.25, 0.3) is 5.91 Å². The highest BCUT2D eigenvalue weighted by Crippen LogP contribution is 2.46. The molecule has 4 rings (SSSR count). The van der Waals surface area contributed by atoms with Crippen molar-refractivity contribution in [2.24, 2.45) is 0 Å². The summed E-state index contributed by atoms with van der Waals surface area (Å²) in [4.78, 5) is 25.9. The molecule has 1 aromatic heterocycles. The van der Waals surface area contributed by atoms with Crippen molar-refractivity contribution in [2.75, 3.05) is 24.9 Å². The van der Waals surface area contributed by atoms with Crippen molar-refractivity contribution in [3.05, 3.63) is 64.0 Å². The van der Waals surface area contributed by atoms with Crippen molar-refractivity contribution in [2.45, 2.75) is 19.3 Å². The molecule has 31 heavy (non-hydrogen) atoms. The highest BCUT2D eigenvalue weighted by atomic mass is 32.1. The van der Waals surface area contributed by atoms with Gasteiger partial charge in [0.15, 0.2) is 11.5 Å². The fourth-order valence-electron chi connectivity index (χ4n) is 3.78. The second kappa shape index (κ2) is 8.31. The van der Waals surface area contributed by atoms with E-state index in [4.69, 9.17) is 9.47 Å². The van der Waals surface area contributed by atoms with Crippen molar-refractivity contribution >= 4 is 33.8 Å². The lowest BCUT2D eigenvalue weighted by atomic mass is 9.84. The third-order valence-electron chi connectivity index (χ3n) is 5.34. The standard InChI is InChI=1S/C23H22N2O5S/c1-12-20-16(13-4-9-17(26)18(10-13)30-3)11-19(27)25-23(20)31-21(12)22(28)24-14-5-7-15(29-2)8-6-14/h4-10,16,26H,11H2,1-3H3,(H,24,28)(H,25,27)/t16-/m0/s1. The summed E-state index contributed by atoms with van der Waals surface area (Å²) in [5, 5.41) is 16.4. The summed E-state index contributed by atoms with van der Waals surface area (Å²) >= 11 is 1.26. The molecule has 3 aromatic rings. The number of hydrogen-bond acceptors (Lipinski definition) is 6. The van der Waals surface area contributed by atoms with Gasteiger partial charge in [-0.15, -0.1) is 11.3 Å². The largest absolute Gasteiger partial charge is 0.504 e. The number of anilines is 2. The lowest BCUT2D eigenvalue weighted by Gasteiger charge is -2.24. The fraction of sp³-hybridized carbons (Fsp3) is 0.217. The molecule has 2 heterocycles. The van der Waals surface area contributed by atoms with E-state index < -0.39 is 0 Å². The maximum Gasteiger partial charge on any atom is 0.266 e. The summed E-state index contributed by atoms with van der Waals surface area (Å²) in [6.07, 6.45) is 0.248. The lowest BCUT2D eigenvalue weighted by Crippen LogP contribution is -2.22. The first-order chi connectivity index (χ1) is 14.9. The van der Waals surface area contributed by atoms with E-state index in [0.29, 0.717) is 27.1 Å². The second-order valence-electron chi connectivity index (χ2n) is 7.22. The predicted molar refractivity (Wildman–Crippen MR) is 120 cm³/mol. The summed E-state index contributed by atoms with van der Waals surface area (Å²) < 4.78 is 10.4. The predicted octanol–water partition coefficient (Wildman–Crippen LogP) is 4.51. The van der Waals surface area contributed by atoms with E-state index in [2.05, 4.69) is 10.6 Å². The van der Waals surface area contributed by atoms with Crippen LogP contribution in [0, 0.1) is 6.92 Å². The fourth-order valence-corrected chi connectivity index (χ4v) is 4.96. The molecule has 0 bridgehead atoms. The van der Waals surface area contributed by atoms with E-state index in [-0.39, 0.29) is 29.9 Å². The molecule has 1 atom stereocenters. The van der Waals surface area contributed by atoms with Crippen LogP contribution in [0.3, 0.4) is 0 Å². The summed E-state index contributed by atoms with van der Waals surface area (Å²) in [6, 6.07) is 12.2. The third kappa shape index (κ3) is 3.94. The van der Waals surface area contributed by atoms with Crippen LogP contribution in [0.25, 0.3) is 0 Å². The summed E-state index contributed by atoms with van der Waals surface area (Å²) in [5.41, 5.74) is 3.23. The Morgan fingerprint density at radius 2 is 1.90 bits per heavy atom. The Morgan fingerprint density at radius 1 is 1.16 bits per heavy atom. The van der Waals surface area contributed by atoms with E-state index in [1.807, 2.05) is 6.92 Å². The molecule has 3 N–H and O–H groups in total. The Morgan fingerprint density at radius 3 is 2.58 bits per heavy atom. The van der Waals surface area contributed by atoms with Crippen LogP contribution in [0.1, 0.15) is 38.7 Å². The van der Waals surface area contributed by atoms with Crippen molar-refractivity contribution in [3.63, 3.8) is 0 Å². The van der Waals surface area contributed by atoms with Gasteiger partial charge in [-0.05, 0) is 60.0 Å². The van der Waals surface area contributed by atoms with Gasteiger partial charge < -0.3 is 25.2 Å². The zero-order valence-electron chi connectivity index (χ0n) is 17.3. The SMILES string of the molecule is COc1ccc(NC(=O)c2sc3c(c2C)[C@H](c2ccc(O)c(OC)c2)CC(=O)N3)cc1. The Balaban J connectivity index is 1.68. The van der Waals surface area contributed by atoms with Gasteiger partial charge in [0.05, 0.1) is 24.1 Å². The van der Waals surface area contributed by atoms with Crippen molar-refractivity contribution in [1.29, 1.82) is 0 Å². The maximum atomic E-state index is 13.0. The van der Waals surface area contributed by atoms with E-state index in [1.54, 1.807) is 49.6 Å². The smallest absolute Gasteiger partial charge is 0.266 e. The third-order valence-corrected chi connectivity index (χ3v) is 6.57. The summed E-state index contributed by atoms with van der Waals surface area (Å²) in [6.45, 7) is 1.89. The monoisotopic (exact) mass is 438 g/mol. The number of rotatable bonds is 5. The number of nitrogens with one attached hydrogen (secondary N) is 2. The molecule has 0 saturated heterocycles. The molecule has 160 valence electrons. The molecule has 0 aliphatic carbocycles. The van der Waals surface area contributed by atoms with E-state index in [0.717, 1.165) is 16.7 Å². The van der Waals surface area contributed by atoms with E-state index in [9.17, 15) is 14.7 Å². The number of fused-ring (bicyclic) bond motifs is 1. The molecule has 8 heteroatoms. The van der Waals surface area contributed by atoms with Crippen LogP contribution < -0.4 is 20.1 Å². The van der Waals surface area contributed by atoms with Crippen molar-refractivity contribution < 1.29 is 24.2 Å². The van der Waals surface area contributed by atoms with E-state index in [1.165, 1.54) is 18.4 Å². The second-order valence-corrected chi connectivity index (χ2v) is 8.24. The van der Waals surface area contributed by atoms with Crippen molar-refractivity contribution in [1.82, 2.24) is 0 Å². The highest BCUT2D eigenvalue weighted by molar-refractivity contribution is 7.18. The first kappa shape index (κ1) is 20.7. The Kier molecular flexibility index (Phi) is 5.56. The van der Waals surface area contributed by atoms with Crippen LogP contribution in [0.2, 0.25) is 0 Å². The van der Waals surface area contributed by atoms with Crippen LogP contribution in [0.15, 0.2) is 42.5 Å². The molecule has 0 radical (unpaired) electrons. The Bertz CT molecular complexity index is 1150. The Hall–Kier alpha value is -3.52. The number of aromatic hydroxyl groups is 1. The topological polar surface area (TPSA) is 96.9 Å². The van der Waals surface area contributed by atoms with Crippen LogP contribution in [0.5, 0.6) is 17.2 Å². The zero-order valence-corrected chi connectivity index (χ0v) is 18.1. The Labute approximate surface area is 183 Å². The average Bonchev–Trinajstić information content (AvgIpc) is 3.10. The minimum Gasteiger partial charge on any atom is -0.504 e. The van der Waals surface area contributed by atoms with Gasteiger partial charge >= 0.3 is 0 Å². The molecule has 0 unspecified atom stereocenters. The van der Waals surface area contributed by atoms with Crippen molar-refractivity contribution in [3.8, 4) is 17.2 Å². The number of methoxy groups -OCH3 is 2. The van der Waals surface area contributed by atoms with Crippen LogP contribution in [-0.2, 0) is 4.79 Å². The van der Waals surface area contributed by atoms with Gasteiger partial charge in [0.1, 0.15) is 5.75 Å². The quantitative estimate of drug-likeness (QED) is 0.545. The minimum absolute atomic E-state index is 0.0355. The molecule has 0 spiro atoms. The number of phenolic OH excluding ortho intramolecular Hbond substituents is 1. The molecule has 2 aromatic carbocycles. The van der Waals surface area contributed by atoms with Crippen LogP contribution >= 0.6 is 11.3 Å². The first-order valence-corrected chi connectivity index (χ1v) is 10.5. The van der Waals surface area contributed by atoms with Gasteiger partial charge in [-0.2, -0.15) is 0 Å². The molecule has 0 fully saturated rings. The summed E-state index contributed by atoms with van der Waals surface area (Å²) in [5.74, 6) is 0.489. The number of amides is 2. The number of ether oxygens (including phenoxy) is 2. The minimum atomic E-state index is -0.239. The number of carbonyl (C=O) groups excluding carboxylic acids is 2. The van der Waals surface area contributed by atoms with E-state index >= 15 is 0 Å². The normalized spacial score (nSPS) is 15.1. The van der Waals surface area contributed by atoms with Crippen LogP contribution in [-0.4, -0.2) is 31.1 Å². The maximum absolute atomic E-state index is 13.0. The summed E-state index contributed by atoms with van der Waals surface area (Å²) in [7, 11) is 3.07. The molecular formula is C23H22N2O5S. The van der Waals surface area contributed by atoms with Gasteiger partial charge in [0.2, 0.25) is 5.91 Å². The first-order valence-electron chi connectivity index (χ1n) is 9.66. The molecule has 1 aliphatic rings. The van der Waals surface area contributed by atoms with Crippen LogP contribution in [0.4, 0.5) is 10.7 Å².